The second-order valence-corrected chi connectivity index (χ2v) is 7.85. The van der Waals surface area contributed by atoms with Gasteiger partial charge >= 0.3 is 6.18 Å². The quantitative estimate of drug-likeness (QED) is 0.444. The van der Waals surface area contributed by atoms with Gasteiger partial charge in [-0.25, -0.2) is 4.98 Å². The molecule has 0 radical (unpaired) electrons. The Kier molecular flexibility index (Phi) is 5.70. The second kappa shape index (κ2) is 8.46. The van der Waals surface area contributed by atoms with E-state index in [9.17, 15) is 22.8 Å². The number of hydrogen-bond acceptors (Lipinski definition) is 5. The van der Waals surface area contributed by atoms with Crippen molar-refractivity contribution in [3.63, 3.8) is 0 Å². The summed E-state index contributed by atoms with van der Waals surface area (Å²) in [5.74, 6) is -0.511. The van der Waals surface area contributed by atoms with Gasteiger partial charge in [0.25, 0.3) is 11.5 Å². The summed E-state index contributed by atoms with van der Waals surface area (Å²) in [7, 11) is 0. The number of halogens is 3. The summed E-state index contributed by atoms with van der Waals surface area (Å²) >= 11 is 1.28. The van der Waals surface area contributed by atoms with E-state index in [1.165, 1.54) is 33.9 Å². The van der Waals surface area contributed by atoms with Crippen LogP contribution in [-0.2, 0) is 12.7 Å². The number of carbonyl (C=O) groups is 1. The molecule has 0 aliphatic heterocycles. The summed E-state index contributed by atoms with van der Waals surface area (Å²) in [5.41, 5.74) is 0.0117. The Labute approximate surface area is 184 Å². The van der Waals surface area contributed by atoms with Crippen LogP contribution in [0.25, 0.3) is 4.96 Å². The lowest BCUT2D eigenvalue weighted by Gasteiger charge is -2.16. The Bertz CT molecular complexity index is 1350. The van der Waals surface area contributed by atoms with E-state index in [2.05, 4.69) is 15.6 Å². The molecule has 0 fully saturated rings. The first-order chi connectivity index (χ1) is 15.2. The van der Waals surface area contributed by atoms with Crippen molar-refractivity contribution in [2.75, 3.05) is 10.6 Å². The zero-order valence-electron chi connectivity index (χ0n) is 16.7. The van der Waals surface area contributed by atoms with Crippen LogP contribution in [-0.4, -0.2) is 15.3 Å². The molecule has 4 rings (SSSR count). The van der Waals surface area contributed by atoms with Crippen molar-refractivity contribution in [1.82, 2.24) is 9.38 Å². The number of hydrogen-bond donors (Lipinski definition) is 2. The predicted molar refractivity (Wildman–Crippen MR) is 117 cm³/mol. The van der Waals surface area contributed by atoms with Crippen molar-refractivity contribution in [3.8, 4) is 0 Å². The Morgan fingerprint density at radius 2 is 1.88 bits per heavy atom. The number of carbonyl (C=O) groups excluding carboxylic acids is 1. The van der Waals surface area contributed by atoms with Crippen molar-refractivity contribution >= 4 is 33.6 Å². The van der Waals surface area contributed by atoms with Gasteiger partial charge in [0.05, 0.1) is 17.8 Å². The maximum atomic E-state index is 13.7. The molecule has 1 amide bonds. The zero-order valence-corrected chi connectivity index (χ0v) is 17.6. The summed E-state index contributed by atoms with van der Waals surface area (Å²) in [5, 5.41) is 6.97. The van der Waals surface area contributed by atoms with E-state index in [0.717, 1.165) is 11.8 Å². The van der Waals surface area contributed by atoms with Gasteiger partial charge < -0.3 is 10.6 Å². The molecular formula is C22H17F3N4O2S. The SMILES string of the molecule is Cc1csc2nc(CNc3ccc(NC(=O)c4ccccc4)cc3C(F)(F)F)cc(=O)n12. The Morgan fingerprint density at radius 1 is 1.12 bits per heavy atom. The van der Waals surface area contributed by atoms with Crippen LogP contribution >= 0.6 is 11.3 Å². The summed E-state index contributed by atoms with van der Waals surface area (Å²) in [4.78, 5) is 29.3. The number of amides is 1. The molecule has 2 aromatic carbocycles. The highest BCUT2D eigenvalue weighted by Crippen LogP contribution is 2.37. The van der Waals surface area contributed by atoms with Crippen molar-refractivity contribution in [3.05, 3.63) is 92.8 Å². The minimum atomic E-state index is -4.66. The maximum absolute atomic E-state index is 13.7. The van der Waals surface area contributed by atoms with Crippen LogP contribution in [0.15, 0.2) is 64.8 Å². The van der Waals surface area contributed by atoms with E-state index in [1.807, 2.05) is 0 Å². The summed E-state index contributed by atoms with van der Waals surface area (Å²) in [6.45, 7) is 1.71. The van der Waals surface area contributed by atoms with Crippen molar-refractivity contribution < 1.29 is 18.0 Å². The van der Waals surface area contributed by atoms with Gasteiger partial charge in [-0.05, 0) is 37.3 Å². The smallest absolute Gasteiger partial charge is 0.379 e. The third-order valence-corrected chi connectivity index (χ3v) is 5.65. The average molecular weight is 458 g/mol. The third-order valence-electron chi connectivity index (χ3n) is 4.71. The third kappa shape index (κ3) is 4.50. The minimum absolute atomic E-state index is 0.0172. The molecule has 0 aliphatic rings. The van der Waals surface area contributed by atoms with Crippen LogP contribution in [0.4, 0.5) is 24.5 Å². The normalized spacial score (nSPS) is 11.5. The molecule has 4 aromatic rings. The van der Waals surface area contributed by atoms with E-state index >= 15 is 0 Å². The first-order valence-electron chi connectivity index (χ1n) is 9.50. The summed E-state index contributed by atoms with van der Waals surface area (Å²) in [6, 6.07) is 13.0. The van der Waals surface area contributed by atoms with Gasteiger partial charge in [-0.3, -0.25) is 14.0 Å². The van der Waals surface area contributed by atoms with Crippen molar-refractivity contribution in [2.24, 2.45) is 0 Å². The van der Waals surface area contributed by atoms with E-state index in [1.54, 1.807) is 42.6 Å². The van der Waals surface area contributed by atoms with Gasteiger partial charge in [0, 0.05) is 34.1 Å². The zero-order chi connectivity index (χ0) is 22.9. The molecule has 2 aromatic heterocycles. The van der Waals surface area contributed by atoms with Crippen molar-refractivity contribution in [2.45, 2.75) is 19.6 Å². The topological polar surface area (TPSA) is 75.5 Å². The van der Waals surface area contributed by atoms with Crippen molar-refractivity contribution in [1.29, 1.82) is 0 Å². The van der Waals surface area contributed by atoms with Gasteiger partial charge in [-0.1, -0.05) is 18.2 Å². The molecule has 32 heavy (non-hydrogen) atoms. The van der Waals surface area contributed by atoms with Gasteiger partial charge in [0.1, 0.15) is 0 Å². The fourth-order valence-corrected chi connectivity index (χ4v) is 4.07. The Balaban J connectivity index is 1.57. The highest BCUT2D eigenvalue weighted by Gasteiger charge is 2.34. The number of fused-ring (bicyclic) bond motifs is 1. The summed E-state index contributed by atoms with van der Waals surface area (Å²) < 4.78 is 42.5. The molecule has 2 heterocycles. The number of anilines is 2. The molecule has 6 nitrogen and oxygen atoms in total. The number of aromatic nitrogens is 2. The first kappa shape index (κ1) is 21.6. The molecule has 0 saturated heterocycles. The lowest BCUT2D eigenvalue weighted by molar-refractivity contribution is -0.136. The first-order valence-corrected chi connectivity index (χ1v) is 10.4. The van der Waals surface area contributed by atoms with Gasteiger partial charge in [0.15, 0.2) is 4.96 Å². The van der Waals surface area contributed by atoms with Crippen LogP contribution in [0, 0.1) is 6.92 Å². The molecule has 0 bridgehead atoms. The van der Waals surface area contributed by atoms with Crippen LogP contribution in [0.2, 0.25) is 0 Å². The predicted octanol–water partition coefficient (Wildman–Crippen LogP) is 4.95. The van der Waals surface area contributed by atoms with Crippen LogP contribution < -0.4 is 16.2 Å². The number of thiazole rings is 1. The molecular weight excluding hydrogens is 441 g/mol. The molecule has 10 heteroatoms. The largest absolute Gasteiger partial charge is 0.418 e. The Hall–Kier alpha value is -3.66. The van der Waals surface area contributed by atoms with Crippen LogP contribution in [0.1, 0.15) is 27.3 Å². The lowest BCUT2D eigenvalue weighted by atomic mass is 10.1. The van der Waals surface area contributed by atoms with Gasteiger partial charge in [0.2, 0.25) is 0 Å². The van der Waals surface area contributed by atoms with Gasteiger partial charge in [-0.2, -0.15) is 13.2 Å². The maximum Gasteiger partial charge on any atom is 0.418 e. The molecule has 0 unspecified atom stereocenters. The monoisotopic (exact) mass is 458 g/mol. The Morgan fingerprint density at radius 3 is 2.59 bits per heavy atom. The lowest BCUT2D eigenvalue weighted by Crippen LogP contribution is -2.17. The molecule has 164 valence electrons. The van der Waals surface area contributed by atoms with Gasteiger partial charge in [-0.15, -0.1) is 11.3 Å². The molecule has 0 spiro atoms. The number of rotatable bonds is 5. The second-order valence-electron chi connectivity index (χ2n) is 7.01. The minimum Gasteiger partial charge on any atom is -0.379 e. The van der Waals surface area contributed by atoms with Crippen LogP contribution in [0.5, 0.6) is 0 Å². The number of alkyl halides is 3. The molecule has 2 N–H and O–H groups in total. The number of aryl methyl sites for hydroxylation is 1. The fraction of sp³-hybridized carbons (Fsp3) is 0.136. The number of benzene rings is 2. The highest BCUT2D eigenvalue weighted by atomic mass is 32.1. The fourth-order valence-electron chi connectivity index (χ4n) is 3.18. The standard InChI is InChI=1S/C22H17F3N4O2S/c1-13-12-32-21-28-16(10-19(30)29(13)21)11-26-18-8-7-15(9-17(18)22(23,24)25)27-20(31)14-5-3-2-4-6-14/h2-10,12,26H,11H2,1H3,(H,27,31). The average Bonchev–Trinajstić information content (AvgIpc) is 3.14. The van der Waals surface area contributed by atoms with E-state index in [-0.39, 0.29) is 23.5 Å². The molecule has 0 saturated carbocycles. The number of nitrogens with one attached hydrogen (secondary N) is 2. The van der Waals surface area contributed by atoms with Crippen LogP contribution in [0.3, 0.4) is 0 Å². The molecule has 0 atom stereocenters. The molecule has 0 aliphatic carbocycles. The summed E-state index contributed by atoms with van der Waals surface area (Å²) in [6.07, 6.45) is -4.66. The van der Waals surface area contributed by atoms with E-state index in [0.29, 0.717) is 16.2 Å². The van der Waals surface area contributed by atoms with E-state index < -0.39 is 17.6 Å². The van der Waals surface area contributed by atoms with E-state index in [4.69, 9.17) is 0 Å². The highest BCUT2D eigenvalue weighted by molar-refractivity contribution is 7.15. The number of nitrogens with zero attached hydrogens (tertiary/aromatic N) is 2.